The number of halogens is 3. The van der Waals surface area contributed by atoms with Crippen molar-refractivity contribution in [3.8, 4) is 11.5 Å². The first kappa shape index (κ1) is 43.5. The zero-order valence-corrected chi connectivity index (χ0v) is 34.3. The summed E-state index contributed by atoms with van der Waals surface area (Å²) in [6, 6.07) is 49.6. The van der Waals surface area contributed by atoms with Gasteiger partial charge in [-0.15, -0.1) is 0 Å². The Morgan fingerprint density at radius 1 is 0.517 bits per heavy atom. The highest BCUT2D eigenvalue weighted by atomic mass is 32.2. The van der Waals surface area contributed by atoms with E-state index in [1.165, 1.54) is 24.5 Å². The molecule has 6 nitrogen and oxygen atoms in total. The van der Waals surface area contributed by atoms with Crippen LogP contribution in [0.3, 0.4) is 0 Å². The van der Waals surface area contributed by atoms with Gasteiger partial charge in [-0.25, -0.2) is 9.59 Å². The van der Waals surface area contributed by atoms with E-state index < -0.39 is 37.7 Å². The Hall–Kier alpha value is -5.65. The van der Waals surface area contributed by atoms with Crippen LogP contribution in [0.5, 0.6) is 11.5 Å². The maximum Gasteiger partial charge on any atom is 0.392 e. The van der Waals surface area contributed by atoms with Gasteiger partial charge in [-0.2, -0.15) is 13.2 Å². The number of aryl methyl sites for hydroxylation is 4. The Kier molecular flexibility index (Phi) is 15.5. The molecule has 300 valence electrons. The number of carboxylic acid groups (broad SMARTS) is 1. The molecule has 6 rings (SSSR count). The SMILES string of the molecule is Cc1cc([S+](c2ccccc2)c2ccccc2)cc(C)c1OCC(=O)O.Cc1cc([S+](c2ccccc2)c2ccccc2)cc(C)c1OCC(=O)OCCC(F)(F)F. The average molecular weight is 827 g/mol. The Morgan fingerprint density at radius 2 is 0.828 bits per heavy atom. The standard InChI is InChI=1S/C25H24F3O3S.C22H20O3S/c1-18-15-22(32(20-9-5-3-6-10-20)21-11-7-4-8-12-21)16-19(2)24(18)31-17-23(29)30-14-13-25(26,27)28;1-16-13-20(14-17(2)22(16)25-15-21(23)24)26(18-9-5-3-6-10-18)19-11-7-4-8-12-19/h3-12,15-16H,13-14,17H2,1-2H3;3-14H,15H2,1-2H3/q+1;/p+1. The first-order valence-electron chi connectivity index (χ1n) is 18.4. The van der Waals surface area contributed by atoms with Gasteiger partial charge in [-0.1, -0.05) is 72.8 Å². The van der Waals surface area contributed by atoms with Crippen LogP contribution in [0.1, 0.15) is 28.7 Å². The summed E-state index contributed by atoms with van der Waals surface area (Å²) in [5, 5.41) is 8.87. The zero-order chi connectivity index (χ0) is 41.7. The summed E-state index contributed by atoms with van der Waals surface area (Å²) in [5.41, 5.74) is 3.58. The number of esters is 1. The van der Waals surface area contributed by atoms with E-state index in [0.29, 0.717) is 11.5 Å². The Bertz CT molecular complexity index is 2130. The fourth-order valence-corrected chi connectivity index (χ4v) is 10.7. The van der Waals surface area contributed by atoms with Crippen LogP contribution in [0.4, 0.5) is 13.2 Å². The number of alkyl halides is 3. The van der Waals surface area contributed by atoms with E-state index in [1.54, 1.807) is 0 Å². The van der Waals surface area contributed by atoms with Crippen molar-refractivity contribution in [2.75, 3.05) is 19.8 Å². The monoisotopic (exact) mass is 826 g/mol. The lowest BCUT2D eigenvalue weighted by molar-refractivity contribution is -0.160. The van der Waals surface area contributed by atoms with Crippen molar-refractivity contribution < 1.29 is 42.1 Å². The lowest BCUT2D eigenvalue weighted by atomic mass is 10.1. The molecule has 0 aliphatic heterocycles. The fraction of sp³-hybridized carbons (Fsp3) is 0.191. The highest BCUT2D eigenvalue weighted by Crippen LogP contribution is 2.37. The molecule has 0 fully saturated rings. The molecule has 0 aromatic heterocycles. The number of hydrogen-bond donors (Lipinski definition) is 1. The van der Waals surface area contributed by atoms with E-state index in [9.17, 15) is 22.8 Å². The quantitative estimate of drug-likeness (QED) is 0.0870. The van der Waals surface area contributed by atoms with Crippen LogP contribution >= 0.6 is 0 Å². The second kappa shape index (κ2) is 20.7. The van der Waals surface area contributed by atoms with Crippen molar-refractivity contribution in [3.63, 3.8) is 0 Å². The minimum Gasteiger partial charge on any atom is -0.481 e. The molecular formula is C47H45F3O6S2+2. The maximum absolute atomic E-state index is 12.2. The normalized spacial score (nSPS) is 11.1. The van der Waals surface area contributed by atoms with Crippen LogP contribution in [0.2, 0.25) is 0 Å². The van der Waals surface area contributed by atoms with Gasteiger partial charge in [0.05, 0.1) is 28.2 Å². The molecule has 0 radical (unpaired) electrons. The molecule has 58 heavy (non-hydrogen) atoms. The van der Waals surface area contributed by atoms with Gasteiger partial charge >= 0.3 is 18.1 Å². The van der Waals surface area contributed by atoms with E-state index in [4.69, 9.17) is 14.6 Å². The van der Waals surface area contributed by atoms with E-state index >= 15 is 0 Å². The number of ether oxygens (including phenoxy) is 3. The summed E-state index contributed by atoms with van der Waals surface area (Å²) >= 11 is 0. The summed E-state index contributed by atoms with van der Waals surface area (Å²) in [5.74, 6) is -0.612. The number of benzene rings is 6. The van der Waals surface area contributed by atoms with E-state index in [0.717, 1.165) is 27.1 Å². The molecule has 0 atom stereocenters. The topological polar surface area (TPSA) is 82.1 Å². The summed E-state index contributed by atoms with van der Waals surface area (Å²) in [4.78, 5) is 29.7. The second-order valence-electron chi connectivity index (χ2n) is 13.2. The largest absolute Gasteiger partial charge is 0.481 e. The van der Waals surface area contributed by atoms with Crippen LogP contribution in [0.15, 0.2) is 175 Å². The van der Waals surface area contributed by atoms with Crippen molar-refractivity contribution in [1.82, 2.24) is 0 Å². The van der Waals surface area contributed by atoms with Gasteiger partial charge in [0.15, 0.2) is 42.6 Å². The molecule has 6 aromatic carbocycles. The van der Waals surface area contributed by atoms with Gasteiger partial charge in [0.2, 0.25) is 0 Å². The first-order valence-corrected chi connectivity index (χ1v) is 20.9. The van der Waals surface area contributed by atoms with Crippen LogP contribution < -0.4 is 9.47 Å². The summed E-state index contributed by atoms with van der Waals surface area (Å²) in [7, 11) is -0.551. The lowest BCUT2D eigenvalue weighted by Gasteiger charge is -2.14. The third-order valence-corrected chi connectivity index (χ3v) is 13.0. The maximum atomic E-state index is 12.2. The molecule has 0 saturated carbocycles. The second-order valence-corrected chi connectivity index (χ2v) is 17.2. The fourth-order valence-electron chi connectivity index (χ4n) is 6.14. The summed E-state index contributed by atoms with van der Waals surface area (Å²) in [6.07, 6.45) is -5.54. The molecule has 0 spiro atoms. The van der Waals surface area contributed by atoms with Crippen LogP contribution in [0, 0.1) is 27.7 Å². The van der Waals surface area contributed by atoms with Gasteiger partial charge in [-0.3, -0.25) is 0 Å². The number of carbonyl (C=O) groups is 2. The molecule has 11 heteroatoms. The smallest absolute Gasteiger partial charge is 0.392 e. The van der Waals surface area contributed by atoms with E-state index in [-0.39, 0.29) is 28.4 Å². The molecule has 6 aromatic rings. The van der Waals surface area contributed by atoms with Crippen molar-refractivity contribution >= 4 is 33.7 Å². The summed E-state index contributed by atoms with van der Waals surface area (Å²) < 4.78 is 52.3. The Morgan fingerprint density at radius 3 is 1.12 bits per heavy atom. The Balaban J connectivity index is 0.000000226. The number of rotatable bonds is 14. The molecule has 0 aliphatic rings. The summed E-state index contributed by atoms with van der Waals surface area (Å²) in [6.45, 7) is 6.22. The zero-order valence-electron chi connectivity index (χ0n) is 32.6. The van der Waals surface area contributed by atoms with Crippen molar-refractivity contribution in [1.29, 1.82) is 0 Å². The molecule has 1 N–H and O–H groups in total. The number of carboxylic acids is 1. The van der Waals surface area contributed by atoms with Crippen molar-refractivity contribution in [2.24, 2.45) is 0 Å². The Labute approximate surface area is 343 Å². The lowest BCUT2D eigenvalue weighted by Crippen LogP contribution is -2.19. The molecule has 0 saturated heterocycles. The highest BCUT2D eigenvalue weighted by Gasteiger charge is 2.31. The number of carbonyl (C=O) groups excluding carboxylic acids is 1. The van der Waals surface area contributed by atoms with Crippen molar-refractivity contribution in [2.45, 2.75) is 69.7 Å². The number of hydrogen-bond acceptors (Lipinski definition) is 5. The average Bonchev–Trinajstić information content (AvgIpc) is 3.19. The molecular weight excluding hydrogens is 782 g/mol. The van der Waals surface area contributed by atoms with Gasteiger partial charge in [0.1, 0.15) is 18.1 Å². The van der Waals surface area contributed by atoms with Gasteiger partial charge < -0.3 is 19.3 Å². The molecule has 0 aliphatic carbocycles. The molecule has 0 bridgehead atoms. The third-order valence-electron chi connectivity index (χ3n) is 8.58. The highest BCUT2D eigenvalue weighted by molar-refractivity contribution is 7.97. The van der Waals surface area contributed by atoms with Crippen LogP contribution in [-0.2, 0) is 36.1 Å². The predicted octanol–water partition coefficient (Wildman–Crippen LogP) is 11.1. The van der Waals surface area contributed by atoms with Gasteiger partial charge in [0.25, 0.3) is 0 Å². The minimum atomic E-state index is -4.36. The van der Waals surface area contributed by atoms with E-state index in [2.05, 4.69) is 89.7 Å². The van der Waals surface area contributed by atoms with Gasteiger partial charge in [-0.05, 0) is 98.5 Å². The predicted molar refractivity (Wildman–Crippen MR) is 222 cm³/mol. The minimum absolute atomic E-state index is 0.228. The first-order chi connectivity index (χ1) is 27.8. The molecule has 0 amide bonds. The molecule has 0 heterocycles. The number of aliphatic carboxylic acids is 1. The van der Waals surface area contributed by atoms with E-state index in [1.807, 2.05) is 88.4 Å². The van der Waals surface area contributed by atoms with Crippen LogP contribution in [0.25, 0.3) is 0 Å². The van der Waals surface area contributed by atoms with Gasteiger partial charge in [0, 0.05) is 24.3 Å². The third kappa shape index (κ3) is 12.4. The van der Waals surface area contributed by atoms with Crippen LogP contribution in [-0.4, -0.2) is 43.0 Å². The van der Waals surface area contributed by atoms with Crippen molar-refractivity contribution in [3.05, 3.63) is 168 Å². The molecule has 0 unspecified atom stereocenters.